The zero-order chi connectivity index (χ0) is 12.1. The number of hydrogen-bond donors (Lipinski definition) is 2. The van der Waals surface area contributed by atoms with Gasteiger partial charge in [0, 0.05) is 20.1 Å². The largest absolute Gasteiger partial charge is 0.393 e. The van der Waals surface area contributed by atoms with Gasteiger partial charge in [-0.25, -0.2) is 0 Å². The first kappa shape index (κ1) is 14.4. The molecule has 0 aliphatic heterocycles. The molecule has 1 amide bonds. The van der Waals surface area contributed by atoms with E-state index in [4.69, 9.17) is 10.8 Å². The molecule has 3 N–H and O–H groups in total. The summed E-state index contributed by atoms with van der Waals surface area (Å²) in [6.07, 6.45) is 0.972. The molecule has 2 atom stereocenters. The Bertz CT molecular complexity index is 201. The minimum Gasteiger partial charge on any atom is -0.393 e. The highest BCUT2D eigenvalue weighted by Crippen LogP contribution is 2.22. The second-order valence-electron chi connectivity index (χ2n) is 4.48. The standard InChI is InChI=1S/C11H24N2O2/c1-5-11(3,8-12)10(15)13(4)7-6-9(2)14/h9,14H,5-8,12H2,1-4H3. The van der Waals surface area contributed by atoms with E-state index in [0.29, 0.717) is 19.5 Å². The van der Waals surface area contributed by atoms with Gasteiger partial charge in [0.2, 0.25) is 5.91 Å². The zero-order valence-corrected chi connectivity index (χ0v) is 10.3. The fourth-order valence-corrected chi connectivity index (χ4v) is 1.33. The van der Waals surface area contributed by atoms with Crippen LogP contribution < -0.4 is 5.73 Å². The second-order valence-corrected chi connectivity index (χ2v) is 4.48. The van der Waals surface area contributed by atoms with Crippen molar-refractivity contribution in [1.82, 2.24) is 4.90 Å². The molecule has 0 saturated carbocycles. The normalized spacial score (nSPS) is 16.9. The number of aliphatic hydroxyl groups is 1. The molecule has 15 heavy (non-hydrogen) atoms. The Kier molecular flexibility index (Phi) is 5.83. The van der Waals surface area contributed by atoms with Crippen LogP contribution in [0.2, 0.25) is 0 Å². The zero-order valence-electron chi connectivity index (χ0n) is 10.3. The summed E-state index contributed by atoms with van der Waals surface area (Å²) in [5.74, 6) is 0.0631. The molecular formula is C11H24N2O2. The fraction of sp³-hybridized carbons (Fsp3) is 0.909. The van der Waals surface area contributed by atoms with Crippen LogP contribution in [0.4, 0.5) is 0 Å². The lowest BCUT2D eigenvalue weighted by Crippen LogP contribution is -2.45. The van der Waals surface area contributed by atoms with Gasteiger partial charge < -0.3 is 15.7 Å². The summed E-state index contributed by atoms with van der Waals surface area (Å²) in [5.41, 5.74) is 5.15. The lowest BCUT2D eigenvalue weighted by Gasteiger charge is -2.30. The molecule has 0 rings (SSSR count). The van der Waals surface area contributed by atoms with Crippen molar-refractivity contribution < 1.29 is 9.90 Å². The summed E-state index contributed by atoms with van der Waals surface area (Å²) >= 11 is 0. The topological polar surface area (TPSA) is 66.6 Å². The fourth-order valence-electron chi connectivity index (χ4n) is 1.33. The molecular weight excluding hydrogens is 192 g/mol. The Morgan fingerprint density at radius 2 is 2.13 bits per heavy atom. The van der Waals surface area contributed by atoms with Crippen molar-refractivity contribution in [2.24, 2.45) is 11.1 Å². The summed E-state index contributed by atoms with van der Waals surface area (Å²) in [7, 11) is 1.76. The summed E-state index contributed by atoms with van der Waals surface area (Å²) in [6.45, 7) is 6.51. The van der Waals surface area contributed by atoms with Gasteiger partial charge >= 0.3 is 0 Å². The van der Waals surface area contributed by atoms with Gasteiger partial charge in [0.25, 0.3) is 0 Å². The molecule has 0 saturated heterocycles. The maximum Gasteiger partial charge on any atom is 0.229 e. The highest BCUT2D eigenvalue weighted by atomic mass is 16.3. The van der Waals surface area contributed by atoms with Crippen LogP contribution in [0.25, 0.3) is 0 Å². The first-order chi connectivity index (χ1) is 6.87. The summed E-state index contributed by atoms with van der Waals surface area (Å²) in [6, 6.07) is 0. The Morgan fingerprint density at radius 1 is 1.60 bits per heavy atom. The maximum absolute atomic E-state index is 12.0. The Balaban J connectivity index is 4.30. The van der Waals surface area contributed by atoms with E-state index in [-0.39, 0.29) is 12.0 Å². The van der Waals surface area contributed by atoms with Gasteiger partial charge in [0.1, 0.15) is 0 Å². The maximum atomic E-state index is 12.0. The van der Waals surface area contributed by atoms with Crippen molar-refractivity contribution in [2.75, 3.05) is 20.1 Å². The third-order valence-corrected chi connectivity index (χ3v) is 2.98. The van der Waals surface area contributed by atoms with Crippen molar-refractivity contribution >= 4 is 5.91 Å². The van der Waals surface area contributed by atoms with Crippen LogP contribution >= 0.6 is 0 Å². The molecule has 0 aliphatic rings. The molecule has 0 aromatic rings. The molecule has 4 nitrogen and oxygen atoms in total. The molecule has 0 aliphatic carbocycles. The van der Waals surface area contributed by atoms with E-state index < -0.39 is 5.41 Å². The minimum absolute atomic E-state index is 0.0631. The van der Waals surface area contributed by atoms with E-state index >= 15 is 0 Å². The average molecular weight is 216 g/mol. The molecule has 0 heterocycles. The quantitative estimate of drug-likeness (QED) is 0.683. The molecule has 0 aromatic carbocycles. The SMILES string of the molecule is CCC(C)(CN)C(=O)N(C)CCC(C)O. The van der Waals surface area contributed by atoms with Crippen LogP contribution in [0.3, 0.4) is 0 Å². The first-order valence-corrected chi connectivity index (χ1v) is 5.51. The van der Waals surface area contributed by atoms with Gasteiger partial charge in [-0.3, -0.25) is 4.79 Å². The van der Waals surface area contributed by atoms with Gasteiger partial charge in [0.05, 0.1) is 11.5 Å². The van der Waals surface area contributed by atoms with Gasteiger partial charge in [-0.15, -0.1) is 0 Å². The second kappa shape index (κ2) is 6.08. The number of aliphatic hydroxyl groups excluding tert-OH is 1. The minimum atomic E-state index is -0.465. The van der Waals surface area contributed by atoms with Gasteiger partial charge in [-0.1, -0.05) is 6.92 Å². The van der Waals surface area contributed by atoms with Gasteiger partial charge in [-0.2, -0.15) is 0 Å². The monoisotopic (exact) mass is 216 g/mol. The number of hydrogen-bond acceptors (Lipinski definition) is 3. The van der Waals surface area contributed by atoms with Crippen LogP contribution in [0, 0.1) is 5.41 Å². The highest BCUT2D eigenvalue weighted by Gasteiger charge is 2.32. The third kappa shape index (κ3) is 4.18. The summed E-state index contributed by atoms with van der Waals surface area (Å²) in [4.78, 5) is 13.7. The van der Waals surface area contributed by atoms with Gasteiger partial charge in [-0.05, 0) is 26.7 Å². The van der Waals surface area contributed by atoms with E-state index in [1.165, 1.54) is 0 Å². The number of nitrogens with two attached hydrogens (primary N) is 1. The Morgan fingerprint density at radius 3 is 2.47 bits per heavy atom. The number of amides is 1. The van der Waals surface area contributed by atoms with E-state index in [0.717, 1.165) is 6.42 Å². The molecule has 0 fully saturated rings. The van der Waals surface area contributed by atoms with E-state index in [9.17, 15) is 4.79 Å². The summed E-state index contributed by atoms with van der Waals surface area (Å²) in [5, 5.41) is 9.14. The van der Waals surface area contributed by atoms with Crippen LogP contribution in [-0.2, 0) is 4.79 Å². The average Bonchev–Trinajstić information content (AvgIpc) is 2.23. The predicted molar refractivity (Wildman–Crippen MR) is 61.4 cm³/mol. The smallest absolute Gasteiger partial charge is 0.229 e. The van der Waals surface area contributed by atoms with E-state index in [1.807, 2.05) is 13.8 Å². The van der Waals surface area contributed by atoms with Crippen LogP contribution in [0.5, 0.6) is 0 Å². The van der Waals surface area contributed by atoms with Crippen molar-refractivity contribution in [1.29, 1.82) is 0 Å². The van der Waals surface area contributed by atoms with Crippen LogP contribution in [0.15, 0.2) is 0 Å². The third-order valence-electron chi connectivity index (χ3n) is 2.98. The van der Waals surface area contributed by atoms with Crippen LogP contribution in [-0.4, -0.2) is 42.2 Å². The molecule has 0 spiro atoms. The van der Waals surface area contributed by atoms with Crippen molar-refractivity contribution in [2.45, 2.75) is 39.7 Å². The number of nitrogens with zero attached hydrogens (tertiary/aromatic N) is 1. The molecule has 90 valence electrons. The molecule has 4 heteroatoms. The van der Waals surface area contributed by atoms with E-state index in [1.54, 1.807) is 18.9 Å². The van der Waals surface area contributed by atoms with Crippen molar-refractivity contribution in [3.05, 3.63) is 0 Å². The molecule has 0 aromatic heterocycles. The lowest BCUT2D eigenvalue weighted by molar-refractivity contribution is -0.139. The summed E-state index contributed by atoms with van der Waals surface area (Å²) < 4.78 is 0. The van der Waals surface area contributed by atoms with Gasteiger partial charge in [0.15, 0.2) is 0 Å². The van der Waals surface area contributed by atoms with E-state index in [2.05, 4.69) is 0 Å². The Labute approximate surface area is 92.4 Å². The van der Waals surface area contributed by atoms with Crippen molar-refractivity contribution in [3.63, 3.8) is 0 Å². The van der Waals surface area contributed by atoms with Crippen molar-refractivity contribution in [3.8, 4) is 0 Å². The first-order valence-electron chi connectivity index (χ1n) is 5.51. The number of carbonyl (C=O) groups excluding carboxylic acids is 1. The van der Waals surface area contributed by atoms with Crippen LogP contribution in [0.1, 0.15) is 33.6 Å². The predicted octanol–water partition coefficient (Wildman–Crippen LogP) is 0.591. The molecule has 2 unspecified atom stereocenters. The lowest BCUT2D eigenvalue weighted by atomic mass is 9.86. The Hall–Kier alpha value is -0.610. The molecule has 0 bridgehead atoms. The number of rotatable bonds is 6. The number of carbonyl (C=O) groups is 1. The highest BCUT2D eigenvalue weighted by molar-refractivity contribution is 5.82. The molecule has 0 radical (unpaired) electrons.